The lowest BCUT2D eigenvalue weighted by atomic mass is 10.1. The molecule has 2 atom stereocenters. The van der Waals surface area contributed by atoms with Crippen LogP contribution in [0.5, 0.6) is 0 Å². The zero-order chi connectivity index (χ0) is 15.4. The van der Waals surface area contributed by atoms with Crippen LogP contribution in [0.25, 0.3) is 0 Å². The van der Waals surface area contributed by atoms with Crippen LogP contribution in [0.1, 0.15) is 11.7 Å². The number of aliphatic hydroxyl groups is 1. The normalized spacial score (nSPS) is 20.9. The van der Waals surface area contributed by atoms with E-state index in [2.05, 4.69) is 10.00 Å². The van der Waals surface area contributed by atoms with E-state index >= 15 is 0 Å². The predicted molar refractivity (Wildman–Crippen MR) is 79.8 cm³/mol. The Bertz CT molecular complexity index is 591. The van der Waals surface area contributed by atoms with Gasteiger partial charge in [0.15, 0.2) is 0 Å². The van der Waals surface area contributed by atoms with Crippen molar-refractivity contribution in [1.29, 1.82) is 0 Å². The summed E-state index contributed by atoms with van der Waals surface area (Å²) in [6.45, 7) is 3.29. The van der Waals surface area contributed by atoms with Crippen molar-refractivity contribution in [3.8, 4) is 0 Å². The fourth-order valence-corrected chi connectivity index (χ4v) is 2.74. The number of rotatable bonds is 5. The van der Waals surface area contributed by atoms with Crippen molar-refractivity contribution >= 4 is 0 Å². The molecule has 1 N–H and O–H groups in total. The second-order valence-electron chi connectivity index (χ2n) is 5.55. The Balaban J connectivity index is 1.55. The third-order valence-corrected chi connectivity index (χ3v) is 3.84. The van der Waals surface area contributed by atoms with Gasteiger partial charge in [-0.1, -0.05) is 12.1 Å². The van der Waals surface area contributed by atoms with Crippen LogP contribution in [0.15, 0.2) is 42.7 Å². The standard InChI is InChI=1S/C16H20FN3O2/c17-14-4-1-3-13(9-14)16(21)12-19-7-8-22-15(10-19)11-20-6-2-5-18-20/h1-6,9,15-16,21H,7-8,10-12H2/t15-,16+/m1/s1. The van der Waals surface area contributed by atoms with Gasteiger partial charge in [-0.25, -0.2) is 4.39 Å². The van der Waals surface area contributed by atoms with Crippen molar-refractivity contribution in [2.75, 3.05) is 26.2 Å². The molecule has 1 fully saturated rings. The Kier molecular flexibility index (Phi) is 4.82. The summed E-state index contributed by atoms with van der Waals surface area (Å²) >= 11 is 0. The maximum absolute atomic E-state index is 13.2. The summed E-state index contributed by atoms with van der Waals surface area (Å²) in [5, 5.41) is 14.5. The predicted octanol–water partition coefficient (Wildman–Crippen LogP) is 1.46. The lowest BCUT2D eigenvalue weighted by Gasteiger charge is -2.34. The lowest BCUT2D eigenvalue weighted by Crippen LogP contribution is -2.45. The Hall–Kier alpha value is -1.76. The maximum atomic E-state index is 13.2. The number of aliphatic hydroxyl groups excluding tert-OH is 1. The molecular formula is C16H20FN3O2. The molecule has 5 nitrogen and oxygen atoms in total. The van der Waals surface area contributed by atoms with E-state index < -0.39 is 6.10 Å². The number of morpholine rings is 1. The first kappa shape index (κ1) is 15.1. The first-order chi connectivity index (χ1) is 10.7. The highest BCUT2D eigenvalue weighted by molar-refractivity contribution is 5.19. The molecule has 118 valence electrons. The van der Waals surface area contributed by atoms with E-state index in [1.165, 1.54) is 12.1 Å². The van der Waals surface area contributed by atoms with Crippen LogP contribution in [-0.2, 0) is 11.3 Å². The quantitative estimate of drug-likeness (QED) is 0.908. The molecule has 1 aliphatic rings. The molecule has 6 heteroatoms. The zero-order valence-corrected chi connectivity index (χ0v) is 12.3. The number of hydrogen-bond donors (Lipinski definition) is 1. The second-order valence-corrected chi connectivity index (χ2v) is 5.55. The summed E-state index contributed by atoms with van der Waals surface area (Å²) in [5.74, 6) is -0.324. The second kappa shape index (κ2) is 7.00. The fourth-order valence-electron chi connectivity index (χ4n) is 2.74. The SMILES string of the molecule is O[C@@H](CN1CCO[C@@H](Cn2cccn2)C1)c1cccc(F)c1. The summed E-state index contributed by atoms with van der Waals surface area (Å²) in [4.78, 5) is 2.15. The van der Waals surface area contributed by atoms with Gasteiger partial charge < -0.3 is 9.84 Å². The van der Waals surface area contributed by atoms with Crippen LogP contribution in [0.2, 0.25) is 0 Å². The number of hydrogen-bond acceptors (Lipinski definition) is 4. The molecule has 1 saturated heterocycles. The van der Waals surface area contributed by atoms with Crippen LogP contribution >= 0.6 is 0 Å². The third-order valence-electron chi connectivity index (χ3n) is 3.84. The van der Waals surface area contributed by atoms with Crippen LogP contribution in [0.4, 0.5) is 4.39 Å². The van der Waals surface area contributed by atoms with Crippen molar-refractivity contribution in [3.05, 3.63) is 54.1 Å². The summed E-state index contributed by atoms with van der Waals surface area (Å²) in [7, 11) is 0. The minimum atomic E-state index is -0.695. The van der Waals surface area contributed by atoms with Crippen LogP contribution in [0, 0.1) is 5.82 Å². The number of halogens is 1. The van der Waals surface area contributed by atoms with Gasteiger partial charge in [0, 0.05) is 32.0 Å². The topological polar surface area (TPSA) is 50.5 Å². The Morgan fingerprint density at radius 1 is 1.41 bits per heavy atom. The molecule has 1 aromatic carbocycles. The minimum absolute atomic E-state index is 0.0494. The minimum Gasteiger partial charge on any atom is -0.387 e. The molecule has 1 aliphatic heterocycles. The molecule has 2 aromatic rings. The number of β-amino-alcohol motifs (C(OH)–C–C–N with tert-alkyl or cyclic N) is 1. The Morgan fingerprint density at radius 2 is 2.32 bits per heavy atom. The van der Waals surface area contributed by atoms with Crippen molar-refractivity contribution in [3.63, 3.8) is 0 Å². The average molecular weight is 305 g/mol. The van der Waals surface area contributed by atoms with E-state index in [0.29, 0.717) is 25.3 Å². The van der Waals surface area contributed by atoms with Gasteiger partial charge in [0.2, 0.25) is 0 Å². The number of benzene rings is 1. The van der Waals surface area contributed by atoms with Crippen molar-refractivity contribution in [2.45, 2.75) is 18.8 Å². The molecule has 0 aliphatic carbocycles. The molecule has 0 amide bonds. The highest BCUT2D eigenvalue weighted by atomic mass is 19.1. The fraction of sp³-hybridized carbons (Fsp3) is 0.438. The number of nitrogens with zero attached hydrogens (tertiary/aromatic N) is 3. The van der Waals surface area contributed by atoms with Gasteiger partial charge in [0.25, 0.3) is 0 Å². The largest absolute Gasteiger partial charge is 0.387 e. The maximum Gasteiger partial charge on any atom is 0.123 e. The third kappa shape index (κ3) is 3.91. The first-order valence-electron chi connectivity index (χ1n) is 7.45. The molecule has 2 heterocycles. The van der Waals surface area contributed by atoms with Gasteiger partial charge in [0.1, 0.15) is 5.82 Å². The number of ether oxygens (including phenoxy) is 1. The van der Waals surface area contributed by atoms with Gasteiger partial charge >= 0.3 is 0 Å². The van der Waals surface area contributed by atoms with Crippen molar-refractivity contribution in [2.24, 2.45) is 0 Å². The van der Waals surface area contributed by atoms with E-state index in [4.69, 9.17) is 4.74 Å². The van der Waals surface area contributed by atoms with E-state index in [0.717, 1.165) is 13.1 Å². The van der Waals surface area contributed by atoms with Crippen LogP contribution in [-0.4, -0.2) is 52.1 Å². The van der Waals surface area contributed by atoms with E-state index in [-0.39, 0.29) is 11.9 Å². The molecule has 22 heavy (non-hydrogen) atoms. The highest BCUT2D eigenvalue weighted by Crippen LogP contribution is 2.17. The Labute approximate surface area is 128 Å². The van der Waals surface area contributed by atoms with Gasteiger partial charge in [-0.05, 0) is 23.8 Å². The summed E-state index contributed by atoms with van der Waals surface area (Å²) < 4.78 is 20.8. The van der Waals surface area contributed by atoms with Crippen molar-refractivity contribution in [1.82, 2.24) is 14.7 Å². The molecule has 0 unspecified atom stereocenters. The summed E-state index contributed by atoms with van der Waals surface area (Å²) in [6.07, 6.45) is 3.01. The number of aromatic nitrogens is 2. The van der Waals surface area contributed by atoms with Gasteiger partial charge in [0.05, 0.1) is 25.4 Å². The molecule has 0 saturated carbocycles. The smallest absolute Gasteiger partial charge is 0.123 e. The highest BCUT2D eigenvalue weighted by Gasteiger charge is 2.23. The Morgan fingerprint density at radius 3 is 3.09 bits per heavy atom. The molecule has 0 spiro atoms. The van der Waals surface area contributed by atoms with Crippen LogP contribution in [0.3, 0.4) is 0 Å². The monoisotopic (exact) mass is 305 g/mol. The van der Waals surface area contributed by atoms with Gasteiger partial charge in [-0.3, -0.25) is 9.58 Å². The molecule has 3 rings (SSSR count). The summed E-state index contributed by atoms with van der Waals surface area (Å²) in [5.41, 5.74) is 0.607. The van der Waals surface area contributed by atoms with Crippen molar-refractivity contribution < 1.29 is 14.2 Å². The molecule has 0 radical (unpaired) electrons. The van der Waals surface area contributed by atoms with Crippen LogP contribution < -0.4 is 0 Å². The van der Waals surface area contributed by atoms with E-state index in [1.54, 1.807) is 18.3 Å². The van der Waals surface area contributed by atoms with E-state index in [1.807, 2.05) is 16.9 Å². The first-order valence-corrected chi connectivity index (χ1v) is 7.45. The summed E-state index contributed by atoms with van der Waals surface area (Å²) in [6, 6.07) is 8.01. The molecular weight excluding hydrogens is 285 g/mol. The zero-order valence-electron chi connectivity index (χ0n) is 12.3. The lowest BCUT2D eigenvalue weighted by molar-refractivity contribution is -0.0486. The molecule has 0 bridgehead atoms. The van der Waals surface area contributed by atoms with Gasteiger partial charge in [-0.2, -0.15) is 5.10 Å². The van der Waals surface area contributed by atoms with Gasteiger partial charge in [-0.15, -0.1) is 0 Å². The average Bonchev–Trinajstić information content (AvgIpc) is 3.00. The van der Waals surface area contributed by atoms with E-state index in [9.17, 15) is 9.50 Å². The molecule has 1 aromatic heterocycles.